The van der Waals surface area contributed by atoms with E-state index in [1.54, 1.807) is 12.4 Å². The van der Waals surface area contributed by atoms with Crippen molar-refractivity contribution in [2.45, 2.75) is 13.8 Å². The number of hydrazone groups is 1. The van der Waals surface area contributed by atoms with Gasteiger partial charge < -0.3 is 0 Å². The maximum absolute atomic E-state index is 4.68. The van der Waals surface area contributed by atoms with Gasteiger partial charge in [-0.3, -0.25) is 10.4 Å². The minimum absolute atomic E-state index is 0.897. The first-order chi connectivity index (χ1) is 11.3. The molecule has 0 bridgehead atoms. The number of aromatic nitrogens is 1. The average Bonchev–Trinajstić information content (AvgIpc) is 2.60. The molecule has 3 rings (SSSR count). The molecular weight excluding hydrogens is 282 g/mol. The van der Waals surface area contributed by atoms with Crippen molar-refractivity contribution in [1.82, 2.24) is 4.98 Å². The van der Waals surface area contributed by atoms with Gasteiger partial charge in [0.1, 0.15) is 0 Å². The lowest BCUT2D eigenvalue weighted by molar-refractivity contribution is 1.25. The third-order valence-electron chi connectivity index (χ3n) is 3.89. The fourth-order valence-electron chi connectivity index (χ4n) is 2.39. The fraction of sp³-hybridized carbons (Fsp3) is 0.100. The minimum atomic E-state index is 0.897. The van der Waals surface area contributed by atoms with Gasteiger partial charge in [0, 0.05) is 23.5 Å². The number of nitrogens with one attached hydrogen (secondary N) is 1. The van der Waals surface area contributed by atoms with Crippen LogP contribution in [0.5, 0.6) is 0 Å². The van der Waals surface area contributed by atoms with Gasteiger partial charge in [-0.25, -0.2) is 0 Å². The van der Waals surface area contributed by atoms with Crippen molar-refractivity contribution in [2.24, 2.45) is 5.10 Å². The second-order valence-corrected chi connectivity index (χ2v) is 5.42. The second-order valence-electron chi connectivity index (χ2n) is 5.42. The van der Waals surface area contributed by atoms with Crippen LogP contribution in [0, 0.1) is 13.8 Å². The number of nitrogens with zero attached hydrogens (tertiary/aromatic N) is 2. The Labute approximate surface area is 136 Å². The molecule has 0 unspecified atom stereocenters. The van der Waals surface area contributed by atoms with Crippen LogP contribution in [0.3, 0.4) is 0 Å². The van der Waals surface area contributed by atoms with E-state index < -0.39 is 0 Å². The third kappa shape index (κ3) is 3.46. The first kappa shape index (κ1) is 15.0. The molecule has 0 radical (unpaired) electrons. The molecule has 0 spiro atoms. The zero-order valence-corrected chi connectivity index (χ0v) is 13.3. The van der Waals surface area contributed by atoms with Gasteiger partial charge in [0.25, 0.3) is 0 Å². The van der Waals surface area contributed by atoms with Crippen LogP contribution in [0.25, 0.3) is 0 Å². The van der Waals surface area contributed by atoms with Crippen LogP contribution >= 0.6 is 0 Å². The molecule has 2 aromatic carbocycles. The van der Waals surface area contributed by atoms with Crippen molar-refractivity contribution in [2.75, 3.05) is 5.43 Å². The van der Waals surface area contributed by atoms with E-state index in [0.717, 1.165) is 22.5 Å². The lowest BCUT2D eigenvalue weighted by Gasteiger charge is -2.11. The SMILES string of the molecule is Cc1cccc(N/N=C(\c2ccccc2)c2ccncc2)c1C. The predicted octanol–water partition coefficient (Wildman–Crippen LogP) is 4.56. The van der Waals surface area contributed by atoms with E-state index in [-0.39, 0.29) is 0 Å². The molecule has 1 heterocycles. The lowest BCUT2D eigenvalue weighted by Crippen LogP contribution is -2.07. The van der Waals surface area contributed by atoms with Gasteiger partial charge in [-0.15, -0.1) is 0 Å². The molecule has 3 nitrogen and oxygen atoms in total. The summed E-state index contributed by atoms with van der Waals surface area (Å²) in [6, 6.07) is 20.3. The van der Waals surface area contributed by atoms with Gasteiger partial charge in [0.05, 0.1) is 11.4 Å². The Morgan fingerprint density at radius 3 is 2.26 bits per heavy atom. The third-order valence-corrected chi connectivity index (χ3v) is 3.89. The Kier molecular flexibility index (Phi) is 4.48. The molecule has 114 valence electrons. The molecule has 3 heteroatoms. The quantitative estimate of drug-likeness (QED) is 0.566. The zero-order valence-electron chi connectivity index (χ0n) is 13.3. The summed E-state index contributed by atoms with van der Waals surface area (Å²) in [4.78, 5) is 4.09. The highest BCUT2D eigenvalue weighted by Gasteiger charge is 2.07. The van der Waals surface area contributed by atoms with Crippen molar-refractivity contribution < 1.29 is 0 Å². The van der Waals surface area contributed by atoms with E-state index in [1.165, 1.54) is 11.1 Å². The highest BCUT2D eigenvalue weighted by Crippen LogP contribution is 2.19. The van der Waals surface area contributed by atoms with Gasteiger partial charge in [0.2, 0.25) is 0 Å². The van der Waals surface area contributed by atoms with Crippen molar-refractivity contribution in [3.8, 4) is 0 Å². The van der Waals surface area contributed by atoms with Crippen molar-refractivity contribution in [3.63, 3.8) is 0 Å². The molecule has 0 amide bonds. The number of pyridine rings is 1. The molecule has 1 N–H and O–H groups in total. The Balaban J connectivity index is 2.00. The number of rotatable bonds is 4. The summed E-state index contributed by atoms with van der Waals surface area (Å²) >= 11 is 0. The van der Waals surface area contributed by atoms with Crippen LogP contribution in [0.15, 0.2) is 78.2 Å². The van der Waals surface area contributed by atoms with E-state index in [0.29, 0.717) is 0 Å². The van der Waals surface area contributed by atoms with Crippen LogP contribution in [0.4, 0.5) is 5.69 Å². The van der Waals surface area contributed by atoms with Crippen LogP contribution in [0.2, 0.25) is 0 Å². The first-order valence-electron chi connectivity index (χ1n) is 7.61. The second kappa shape index (κ2) is 6.88. The highest BCUT2D eigenvalue weighted by atomic mass is 15.3. The van der Waals surface area contributed by atoms with E-state index in [1.807, 2.05) is 42.5 Å². The monoisotopic (exact) mass is 301 g/mol. The fourth-order valence-corrected chi connectivity index (χ4v) is 2.39. The molecule has 3 aromatic rings. The van der Waals surface area contributed by atoms with E-state index in [4.69, 9.17) is 0 Å². The van der Waals surface area contributed by atoms with Gasteiger partial charge in [-0.05, 0) is 43.2 Å². The molecule has 23 heavy (non-hydrogen) atoms. The van der Waals surface area contributed by atoms with Crippen LogP contribution in [-0.4, -0.2) is 10.7 Å². The Morgan fingerprint density at radius 1 is 0.826 bits per heavy atom. The highest BCUT2D eigenvalue weighted by molar-refractivity contribution is 6.13. The number of hydrogen-bond donors (Lipinski definition) is 1. The van der Waals surface area contributed by atoms with Gasteiger partial charge in [-0.1, -0.05) is 42.5 Å². The standard InChI is InChI=1S/C20H19N3/c1-15-7-6-10-19(16(15)2)22-23-20(17-8-4-3-5-9-17)18-11-13-21-14-12-18/h3-14,22H,1-2H3/b23-20+. The van der Waals surface area contributed by atoms with E-state index in [2.05, 4.69) is 47.6 Å². The Hall–Kier alpha value is -2.94. The largest absolute Gasteiger partial charge is 0.278 e. The van der Waals surface area contributed by atoms with Crippen molar-refractivity contribution >= 4 is 11.4 Å². The molecule has 0 saturated heterocycles. The molecule has 0 fully saturated rings. The summed E-state index contributed by atoms with van der Waals surface area (Å²) in [5, 5.41) is 4.68. The normalized spacial score (nSPS) is 11.3. The number of aryl methyl sites for hydroxylation is 1. The molecule has 0 aliphatic rings. The lowest BCUT2D eigenvalue weighted by atomic mass is 10.0. The molecule has 0 aliphatic carbocycles. The smallest absolute Gasteiger partial charge is 0.0979 e. The van der Waals surface area contributed by atoms with Gasteiger partial charge in [0.15, 0.2) is 0 Å². The summed E-state index contributed by atoms with van der Waals surface area (Å²) in [6.07, 6.45) is 3.57. The Morgan fingerprint density at radius 2 is 1.52 bits per heavy atom. The first-order valence-corrected chi connectivity index (χ1v) is 7.61. The molecule has 1 aromatic heterocycles. The van der Waals surface area contributed by atoms with Crippen LogP contribution < -0.4 is 5.43 Å². The maximum Gasteiger partial charge on any atom is 0.0979 e. The molecule has 0 aliphatic heterocycles. The summed E-state index contributed by atoms with van der Waals surface area (Å²) in [7, 11) is 0. The van der Waals surface area contributed by atoms with Crippen LogP contribution in [-0.2, 0) is 0 Å². The molecule has 0 saturated carbocycles. The van der Waals surface area contributed by atoms with Crippen LogP contribution in [0.1, 0.15) is 22.3 Å². The number of benzene rings is 2. The maximum atomic E-state index is 4.68. The summed E-state index contributed by atoms with van der Waals surface area (Å²) in [5.74, 6) is 0. The summed E-state index contributed by atoms with van der Waals surface area (Å²) in [6.45, 7) is 4.20. The molecular formula is C20H19N3. The van der Waals surface area contributed by atoms with E-state index >= 15 is 0 Å². The Bertz CT molecular complexity index is 767. The number of anilines is 1. The zero-order chi connectivity index (χ0) is 16.1. The summed E-state index contributed by atoms with van der Waals surface area (Å²) in [5.41, 5.74) is 9.69. The topological polar surface area (TPSA) is 37.3 Å². The summed E-state index contributed by atoms with van der Waals surface area (Å²) < 4.78 is 0. The van der Waals surface area contributed by atoms with Crippen molar-refractivity contribution in [1.29, 1.82) is 0 Å². The van der Waals surface area contributed by atoms with Crippen molar-refractivity contribution in [3.05, 3.63) is 95.3 Å². The number of hydrogen-bond acceptors (Lipinski definition) is 3. The molecule has 0 atom stereocenters. The predicted molar refractivity (Wildman–Crippen MR) is 95.9 cm³/mol. The average molecular weight is 301 g/mol. The van der Waals surface area contributed by atoms with E-state index in [9.17, 15) is 0 Å². The van der Waals surface area contributed by atoms with Gasteiger partial charge in [-0.2, -0.15) is 5.10 Å². The minimum Gasteiger partial charge on any atom is -0.278 e. The van der Waals surface area contributed by atoms with Gasteiger partial charge >= 0.3 is 0 Å².